The number of rotatable bonds is 6. The minimum atomic E-state index is 0.768. The van der Waals surface area contributed by atoms with Gasteiger partial charge in [0, 0.05) is 15.6 Å². The Morgan fingerprint density at radius 3 is 2.10 bits per heavy atom. The predicted octanol–water partition coefficient (Wildman–Crippen LogP) is 2.73. The van der Waals surface area contributed by atoms with Gasteiger partial charge >= 0.3 is 0 Å². The highest BCUT2D eigenvalue weighted by Crippen LogP contribution is 2.27. The van der Waals surface area contributed by atoms with E-state index in [0.717, 1.165) is 29.1 Å². The smallest absolute Gasteiger partial charge is 0.161 e. The fraction of sp³-hybridized carbons (Fsp3) is 0.250. The Morgan fingerprint density at radius 1 is 0.850 bits per heavy atom. The van der Waals surface area contributed by atoms with Crippen LogP contribution in [0.5, 0.6) is 11.5 Å². The molecule has 0 aliphatic heterocycles. The molecule has 3 nitrogen and oxygen atoms in total. The van der Waals surface area contributed by atoms with Gasteiger partial charge in [-0.1, -0.05) is 28.1 Å². The van der Waals surface area contributed by atoms with Gasteiger partial charge in [-0.05, 0) is 30.3 Å². The fourth-order valence-corrected chi connectivity index (χ4v) is 2.30. The van der Waals surface area contributed by atoms with Gasteiger partial charge in [0.15, 0.2) is 11.5 Å². The summed E-state index contributed by atoms with van der Waals surface area (Å²) in [4.78, 5) is 0. The first-order valence-corrected chi connectivity index (χ1v) is 7.29. The number of hydrogen-bond acceptors (Lipinski definition) is 2. The number of hydrogen-bond donors (Lipinski definition) is 1. The number of benzene rings is 2. The highest BCUT2D eigenvalue weighted by molar-refractivity contribution is 9.10. The van der Waals surface area contributed by atoms with E-state index in [-0.39, 0.29) is 0 Å². The molecule has 2 aromatic rings. The van der Waals surface area contributed by atoms with Gasteiger partial charge in [-0.25, -0.2) is 0 Å². The molecular weight excluding hydrogens is 318 g/mol. The van der Waals surface area contributed by atoms with Crippen molar-refractivity contribution < 1.29 is 14.8 Å². The lowest BCUT2D eigenvalue weighted by Gasteiger charge is -2.09. The second kappa shape index (κ2) is 7.31. The number of nitrogens with two attached hydrogens (primary N) is 1. The molecule has 0 unspecified atom stereocenters. The van der Waals surface area contributed by atoms with E-state index in [2.05, 4.69) is 51.6 Å². The minimum absolute atomic E-state index is 0.768. The van der Waals surface area contributed by atoms with E-state index < -0.39 is 0 Å². The molecule has 0 aromatic heterocycles. The van der Waals surface area contributed by atoms with Crippen LogP contribution in [0.1, 0.15) is 11.1 Å². The van der Waals surface area contributed by atoms with Crippen LogP contribution < -0.4 is 14.8 Å². The van der Waals surface area contributed by atoms with Crippen LogP contribution >= 0.6 is 15.9 Å². The van der Waals surface area contributed by atoms with Crippen molar-refractivity contribution in [1.82, 2.24) is 0 Å². The number of halogens is 1. The molecule has 0 amide bonds. The molecule has 0 saturated carbocycles. The third-order valence-corrected chi connectivity index (χ3v) is 3.65. The molecule has 0 aliphatic carbocycles. The Hall–Kier alpha value is -1.52. The topological polar surface area (TPSA) is 35.1 Å². The van der Waals surface area contributed by atoms with Crippen molar-refractivity contribution in [1.29, 1.82) is 0 Å². The Kier molecular flexibility index (Phi) is 5.44. The maximum Gasteiger partial charge on any atom is 0.161 e. The lowest BCUT2D eigenvalue weighted by Crippen LogP contribution is -2.80. The molecule has 4 heteroatoms. The van der Waals surface area contributed by atoms with Crippen molar-refractivity contribution in [3.8, 4) is 11.5 Å². The Morgan fingerprint density at radius 2 is 1.45 bits per heavy atom. The molecule has 2 N–H and O–H groups in total. The molecule has 0 atom stereocenters. The van der Waals surface area contributed by atoms with E-state index >= 15 is 0 Å². The molecule has 0 radical (unpaired) electrons. The molecule has 0 aliphatic rings. The minimum Gasteiger partial charge on any atom is -0.493 e. The van der Waals surface area contributed by atoms with E-state index in [1.807, 2.05) is 12.1 Å². The highest BCUT2D eigenvalue weighted by Gasteiger charge is 2.05. The maximum atomic E-state index is 5.31. The standard InChI is InChI=1S/C16H18BrNO2/c1-19-15-8-5-13(9-16(15)20-2)11-18-10-12-3-6-14(17)7-4-12/h3-9,18H,10-11H2,1-2H3/p+1. The van der Waals surface area contributed by atoms with Crippen molar-refractivity contribution in [3.63, 3.8) is 0 Å². The van der Waals surface area contributed by atoms with Crippen LogP contribution in [0.3, 0.4) is 0 Å². The van der Waals surface area contributed by atoms with Crippen molar-refractivity contribution >= 4 is 15.9 Å². The summed E-state index contributed by atoms with van der Waals surface area (Å²) >= 11 is 3.44. The molecule has 0 saturated heterocycles. The monoisotopic (exact) mass is 336 g/mol. The molecule has 0 bridgehead atoms. The van der Waals surface area contributed by atoms with E-state index in [9.17, 15) is 0 Å². The summed E-state index contributed by atoms with van der Waals surface area (Å²) in [5.41, 5.74) is 2.54. The Labute approximate surface area is 128 Å². The first-order chi connectivity index (χ1) is 9.72. The van der Waals surface area contributed by atoms with E-state index in [1.165, 1.54) is 11.1 Å². The zero-order chi connectivity index (χ0) is 14.4. The molecule has 20 heavy (non-hydrogen) atoms. The van der Waals surface area contributed by atoms with Gasteiger partial charge in [0.05, 0.1) is 14.2 Å². The molecule has 0 spiro atoms. The van der Waals surface area contributed by atoms with Gasteiger partial charge in [-0.2, -0.15) is 0 Å². The summed E-state index contributed by atoms with van der Waals surface area (Å²) in [6, 6.07) is 14.4. The average molecular weight is 337 g/mol. The molecule has 0 heterocycles. The van der Waals surface area contributed by atoms with Crippen molar-refractivity contribution in [3.05, 3.63) is 58.1 Å². The summed E-state index contributed by atoms with van der Waals surface area (Å²) in [6.07, 6.45) is 0. The quantitative estimate of drug-likeness (QED) is 0.880. The van der Waals surface area contributed by atoms with Gasteiger partial charge in [0.1, 0.15) is 13.1 Å². The lowest BCUT2D eigenvalue weighted by atomic mass is 10.2. The van der Waals surface area contributed by atoms with Crippen molar-refractivity contribution in [2.75, 3.05) is 14.2 Å². The van der Waals surface area contributed by atoms with Crippen LogP contribution in [0.2, 0.25) is 0 Å². The summed E-state index contributed by atoms with van der Waals surface area (Å²) in [5, 5.41) is 2.27. The van der Waals surface area contributed by atoms with Gasteiger partial charge in [0.2, 0.25) is 0 Å². The summed E-state index contributed by atoms with van der Waals surface area (Å²) < 4.78 is 11.7. The third kappa shape index (κ3) is 3.99. The van der Waals surface area contributed by atoms with E-state index in [1.54, 1.807) is 14.2 Å². The molecule has 2 rings (SSSR count). The van der Waals surface area contributed by atoms with Crippen LogP contribution in [0.15, 0.2) is 46.9 Å². The largest absolute Gasteiger partial charge is 0.493 e. The zero-order valence-corrected chi connectivity index (χ0v) is 13.3. The highest BCUT2D eigenvalue weighted by atomic mass is 79.9. The fourth-order valence-electron chi connectivity index (χ4n) is 2.03. The summed E-state index contributed by atoms with van der Waals surface area (Å²) in [7, 11) is 3.31. The Balaban J connectivity index is 1.92. The van der Waals surface area contributed by atoms with Crippen LogP contribution in [-0.2, 0) is 13.1 Å². The van der Waals surface area contributed by atoms with Crippen LogP contribution in [0.25, 0.3) is 0 Å². The first kappa shape index (κ1) is 14.9. The molecular formula is C16H19BrNO2+. The van der Waals surface area contributed by atoms with Crippen LogP contribution in [0.4, 0.5) is 0 Å². The Bertz CT molecular complexity index is 555. The van der Waals surface area contributed by atoms with Crippen molar-refractivity contribution in [2.45, 2.75) is 13.1 Å². The number of quaternary nitrogens is 1. The zero-order valence-electron chi connectivity index (χ0n) is 11.7. The lowest BCUT2D eigenvalue weighted by molar-refractivity contribution is -0.686. The first-order valence-electron chi connectivity index (χ1n) is 6.50. The number of ether oxygens (including phenoxy) is 2. The number of methoxy groups -OCH3 is 2. The summed E-state index contributed by atoms with van der Waals surface area (Å²) in [6.45, 7) is 1.87. The predicted molar refractivity (Wildman–Crippen MR) is 83.0 cm³/mol. The molecule has 106 valence electrons. The van der Waals surface area contributed by atoms with Crippen LogP contribution in [-0.4, -0.2) is 14.2 Å². The van der Waals surface area contributed by atoms with Gasteiger partial charge < -0.3 is 14.8 Å². The molecule has 0 fully saturated rings. The second-order valence-electron chi connectivity index (χ2n) is 4.51. The van der Waals surface area contributed by atoms with Gasteiger partial charge in [0.25, 0.3) is 0 Å². The van der Waals surface area contributed by atoms with Crippen molar-refractivity contribution in [2.24, 2.45) is 0 Å². The van der Waals surface area contributed by atoms with Crippen LogP contribution in [0, 0.1) is 0 Å². The molecule has 2 aromatic carbocycles. The summed E-state index contributed by atoms with van der Waals surface area (Å²) in [5.74, 6) is 1.55. The van der Waals surface area contributed by atoms with E-state index in [0.29, 0.717) is 0 Å². The normalized spacial score (nSPS) is 10.3. The van der Waals surface area contributed by atoms with Gasteiger partial charge in [-0.15, -0.1) is 0 Å². The third-order valence-electron chi connectivity index (χ3n) is 3.12. The second-order valence-corrected chi connectivity index (χ2v) is 5.43. The van der Waals surface area contributed by atoms with E-state index in [4.69, 9.17) is 9.47 Å². The SMILES string of the molecule is COc1ccc(C[NH2+]Cc2ccc(Br)cc2)cc1OC. The van der Waals surface area contributed by atoms with Gasteiger partial charge in [-0.3, -0.25) is 0 Å². The average Bonchev–Trinajstić information content (AvgIpc) is 2.49. The maximum absolute atomic E-state index is 5.31.